The van der Waals surface area contributed by atoms with E-state index in [1.165, 1.54) is 0 Å². The lowest BCUT2D eigenvalue weighted by molar-refractivity contribution is 0.592. The zero-order valence-corrected chi connectivity index (χ0v) is 15.9. The Morgan fingerprint density at radius 2 is 1.48 bits per heavy atom. The molecule has 0 N–H and O–H groups in total. The molecule has 0 fully saturated rings. The van der Waals surface area contributed by atoms with E-state index in [1.54, 1.807) is 6.26 Å². The SMILES string of the molecule is O=c1c(C2C(c3ccccc3)=C(Br)c3ccccc32)coc2ccccc12. The van der Waals surface area contributed by atoms with Crippen LogP contribution in [-0.4, -0.2) is 0 Å². The molecule has 27 heavy (non-hydrogen) atoms. The van der Waals surface area contributed by atoms with Gasteiger partial charge in [-0.3, -0.25) is 4.79 Å². The van der Waals surface area contributed by atoms with Crippen LogP contribution in [0.25, 0.3) is 21.0 Å². The third-order valence-electron chi connectivity index (χ3n) is 5.14. The number of fused-ring (bicyclic) bond motifs is 2. The molecule has 1 heterocycles. The van der Waals surface area contributed by atoms with Crippen LogP contribution in [0.3, 0.4) is 0 Å². The van der Waals surface area contributed by atoms with Crippen LogP contribution in [0.1, 0.15) is 28.2 Å². The van der Waals surface area contributed by atoms with Gasteiger partial charge in [-0.1, -0.05) is 66.7 Å². The predicted molar refractivity (Wildman–Crippen MR) is 113 cm³/mol. The van der Waals surface area contributed by atoms with Crippen molar-refractivity contribution in [1.82, 2.24) is 0 Å². The molecule has 1 atom stereocenters. The van der Waals surface area contributed by atoms with E-state index >= 15 is 0 Å². The second-order valence-electron chi connectivity index (χ2n) is 6.63. The summed E-state index contributed by atoms with van der Waals surface area (Å²) in [4.78, 5) is 13.3. The van der Waals surface area contributed by atoms with Crippen molar-refractivity contribution in [1.29, 1.82) is 0 Å². The van der Waals surface area contributed by atoms with Crippen LogP contribution in [0.15, 0.2) is 94.3 Å². The van der Waals surface area contributed by atoms with Gasteiger partial charge in [-0.25, -0.2) is 0 Å². The number of benzene rings is 3. The normalized spacial score (nSPS) is 16.0. The van der Waals surface area contributed by atoms with Crippen molar-refractivity contribution in [2.45, 2.75) is 5.92 Å². The van der Waals surface area contributed by atoms with Gasteiger partial charge in [-0.2, -0.15) is 0 Å². The first-order valence-electron chi connectivity index (χ1n) is 8.80. The molecule has 0 saturated heterocycles. The van der Waals surface area contributed by atoms with E-state index in [9.17, 15) is 4.79 Å². The lowest BCUT2D eigenvalue weighted by Crippen LogP contribution is -2.14. The summed E-state index contributed by atoms with van der Waals surface area (Å²) >= 11 is 3.80. The molecule has 4 aromatic rings. The second-order valence-corrected chi connectivity index (χ2v) is 7.42. The first-order chi connectivity index (χ1) is 13.3. The van der Waals surface area contributed by atoms with Crippen molar-refractivity contribution in [2.24, 2.45) is 0 Å². The Bertz CT molecular complexity index is 1250. The largest absolute Gasteiger partial charge is 0.464 e. The lowest BCUT2D eigenvalue weighted by Gasteiger charge is -2.17. The van der Waals surface area contributed by atoms with Gasteiger partial charge in [0.05, 0.1) is 11.6 Å². The van der Waals surface area contributed by atoms with Gasteiger partial charge in [0.1, 0.15) is 5.58 Å². The van der Waals surface area contributed by atoms with Gasteiger partial charge in [0, 0.05) is 16.0 Å². The minimum Gasteiger partial charge on any atom is -0.464 e. The van der Waals surface area contributed by atoms with Crippen LogP contribution in [-0.2, 0) is 0 Å². The Kier molecular flexibility index (Phi) is 3.83. The molecule has 5 rings (SSSR count). The molecule has 0 radical (unpaired) electrons. The van der Waals surface area contributed by atoms with Crippen molar-refractivity contribution < 1.29 is 4.42 Å². The minimum absolute atomic E-state index is 0.0206. The zero-order valence-electron chi connectivity index (χ0n) is 14.4. The third-order valence-corrected chi connectivity index (χ3v) is 5.99. The quantitative estimate of drug-likeness (QED) is 0.390. The van der Waals surface area contributed by atoms with Crippen molar-refractivity contribution in [2.75, 3.05) is 0 Å². The molecule has 1 aliphatic carbocycles. The monoisotopic (exact) mass is 414 g/mol. The highest BCUT2D eigenvalue weighted by Gasteiger charge is 2.34. The van der Waals surface area contributed by atoms with Crippen LogP contribution < -0.4 is 5.43 Å². The lowest BCUT2D eigenvalue weighted by atomic mass is 9.86. The van der Waals surface area contributed by atoms with Crippen molar-refractivity contribution in [3.63, 3.8) is 0 Å². The first kappa shape index (κ1) is 16.3. The van der Waals surface area contributed by atoms with Gasteiger partial charge in [0.15, 0.2) is 5.43 Å². The van der Waals surface area contributed by atoms with Gasteiger partial charge in [0.2, 0.25) is 0 Å². The molecule has 0 bridgehead atoms. The Hall–Kier alpha value is -2.91. The molecule has 130 valence electrons. The van der Waals surface area contributed by atoms with Crippen LogP contribution >= 0.6 is 15.9 Å². The molecule has 1 aliphatic rings. The molecule has 3 heteroatoms. The summed E-state index contributed by atoms with van der Waals surface area (Å²) in [5.74, 6) is -0.168. The number of halogens is 1. The molecule has 2 nitrogen and oxygen atoms in total. The Morgan fingerprint density at radius 1 is 0.778 bits per heavy atom. The minimum atomic E-state index is -0.168. The summed E-state index contributed by atoms with van der Waals surface area (Å²) in [6.45, 7) is 0. The third kappa shape index (κ3) is 2.50. The maximum Gasteiger partial charge on any atom is 0.196 e. The Balaban J connectivity index is 1.82. The summed E-state index contributed by atoms with van der Waals surface area (Å²) in [5.41, 5.74) is 5.72. The van der Waals surface area contributed by atoms with E-state index in [0.29, 0.717) is 16.5 Å². The number of para-hydroxylation sites is 1. The zero-order chi connectivity index (χ0) is 18.4. The van der Waals surface area contributed by atoms with Crippen molar-refractivity contribution in [3.05, 3.63) is 118 Å². The average molecular weight is 415 g/mol. The van der Waals surface area contributed by atoms with E-state index in [1.807, 2.05) is 54.6 Å². The van der Waals surface area contributed by atoms with Crippen LogP contribution in [0.4, 0.5) is 0 Å². The van der Waals surface area contributed by atoms with Gasteiger partial charge < -0.3 is 4.42 Å². The van der Waals surface area contributed by atoms with Crippen LogP contribution in [0.2, 0.25) is 0 Å². The fourth-order valence-electron chi connectivity index (χ4n) is 3.90. The van der Waals surface area contributed by atoms with E-state index < -0.39 is 0 Å². The molecule has 0 saturated carbocycles. The predicted octanol–water partition coefficient (Wildman–Crippen LogP) is 6.20. The smallest absolute Gasteiger partial charge is 0.196 e. The van der Waals surface area contributed by atoms with Gasteiger partial charge in [-0.05, 0) is 50.3 Å². The highest BCUT2D eigenvalue weighted by atomic mass is 79.9. The standard InChI is InChI=1S/C24H15BrO2/c25-23-17-11-5-4-10-16(17)22(21(23)15-8-2-1-3-9-15)19-14-27-20-13-7-6-12-18(20)24(19)26/h1-14,22H. The molecular formula is C24H15BrO2. The molecule has 0 aliphatic heterocycles. The maximum absolute atomic E-state index is 13.3. The highest BCUT2D eigenvalue weighted by molar-refractivity contribution is 9.15. The summed E-state index contributed by atoms with van der Waals surface area (Å²) < 4.78 is 6.86. The Morgan fingerprint density at radius 3 is 2.33 bits per heavy atom. The number of hydrogen-bond donors (Lipinski definition) is 0. The topological polar surface area (TPSA) is 30.2 Å². The van der Waals surface area contributed by atoms with E-state index in [2.05, 4.69) is 40.2 Å². The van der Waals surface area contributed by atoms with Crippen molar-refractivity contribution in [3.8, 4) is 0 Å². The average Bonchev–Trinajstić information content (AvgIpc) is 3.02. The number of hydrogen-bond acceptors (Lipinski definition) is 2. The summed E-state index contributed by atoms with van der Waals surface area (Å²) in [5, 5.41) is 0.614. The van der Waals surface area contributed by atoms with Crippen molar-refractivity contribution >= 4 is 37.0 Å². The molecule has 1 unspecified atom stereocenters. The summed E-state index contributed by atoms with van der Waals surface area (Å²) in [6, 6.07) is 25.8. The van der Waals surface area contributed by atoms with Crippen LogP contribution in [0.5, 0.6) is 0 Å². The molecular weight excluding hydrogens is 400 g/mol. The van der Waals surface area contributed by atoms with Gasteiger partial charge in [0.25, 0.3) is 0 Å². The van der Waals surface area contributed by atoms with E-state index in [-0.39, 0.29) is 11.3 Å². The van der Waals surface area contributed by atoms with E-state index in [0.717, 1.165) is 26.7 Å². The molecule has 1 aromatic heterocycles. The Labute approximate surface area is 164 Å². The molecule has 3 aromatic carbocycles. The fourth-order valence-corrected chi connectivity index (χ4v) is 4.72. The second kappa shape index (κ2) is 6.36. The molecule has 0 amide bonds. The highest BCUT2D eigenvalue weighted by Crippen LogP contribution is 2.51. The first-order valence-corrected chi connectivity index (χ1v) is 9.60. The number of allylic oxidation sites excluding steroid dienone is 1. The van der Waals surface area contributed by atoms with Crippen LogP contribution in [0, 0.1) is 0 Å². The maximum atomic E-state index is 13.3. The van der Waals surface area contributed by atoms with Gasteiger partial charge in [-0.15, -0.1) is 0 Å². The molecule has 0 spiro atoms. The summed E-state index contributed by atoms with van der Waals surface area (Å²) in [7, 11) is 0. The van der Waals surface area contributed by atoms with E-state index in [4.69, 9.17) is 4.42 Å². The van der Waals surface area contributed by atoms with Gasteiger partial charge >= 0.3 is 0 Å². The number of rotatable bonds is 2. The summed E-state index contributed by atoms with van der Waals surface area (Å²) in [6.07, 6.45) is 1.63. The fraction of sp³-hybridized carbons (Fsp3) is 0.0417.